The highest BCUT2D eigenvalue weighted by molar-refractivity contribution is 7.11. The van der Waals surface area contributed by atoms with Gasteiger partial charge in [0.25, 0.3) is 0 Å². The maximum Gasteiger partial charge on any atom is 0.0569 e. The lowest BCUT2D eigenvalue weighted by atomic mass is 10.1. The molecule has 0 saturated heterocycles. The summed E-state index contributed by atoms with van der Waals surface area (Å²) in [7, 11) is 1.98. The zero-order valence-electron chi connectivity index (χ0n) is 12.0. The van der Waals surface area contributed by atoms with Gasteiger partial charge in [0.05, 0.1) is 6.54 Å². The average Bonchev–Trinajstić information content (AvgIpc) is 3.07. The van der Waals surface area contributed by atoms with Gasteiger partial charge < -0.3 is 9.88 Å². The fourth-order valence-corrected chi connectivity index (χ4v) is 3.52. The Balaban J connectivity index is 1.88. The molecule has 3 heteroatoms. The van der Waals surface area contributed by atoms with Crippen molar-refractivity contribution in [3.8, 4) is 0 Å². The minimum Gasteiger partial charge on any atom is -0.342 e. The summed E-state index contributed by atoms with van der Waals surface area (Å²) in [6.07, 6.45) is 3.32. The molecule has 1 N–H and O–H groups in total. The van der Waals surface area contributed by atoms with E-state index in [1.54, 1.807) is 0 Å². The molecule has 0 unspecified atom stereocenters. The van der Waals surface area contributed by atoms with Crippen molar-refractivity contribution in [3.63, 3.8) is 0 Å². The number of hydrogen-bond donors (Lipinski definition) is 1. The second kappa shape index (κ2) is 5.81. The minimum atomic E-state index is 0.923. The first-order valence-electron chi connectivity index (χ1n) is 7.10. The first kappa shape index (κ1) is 13.4. The molecular weight excluding hydrogens is 264 g/mol. The van der Waals surface area contributed by atoms with Crippen LogP contribution < -0.4 is 5.32 Å². The zero-order chi connectivity index (χ0) is 13.9. The van der Waals surface area contributed by atoms with Gasteiger partial charge in [-0.1, -0.05) is 13.0 Å². The van der Waals surface area contributed by atoms with Gasteiger partial charge >= 0.3 is 0 Å². The average molecular weight is 284 g/mol. The Morgan fingerprint density at radius 2 is 1.95 bits per heavy atom. The second-order valence-corrected chi connectivity index (χ2v) is 6.34. The smallest absolute Gasteiger partial charge is 0.0569 e. The number of thiophene rings is 1. The predicted octanol–water partition coefficient (Wildman–Crippen LogP) is 4.03. The molecule has 0 aliphatic carbocycles. The number of fused-ring (bicyclic) bond motifs is 1. The van der Waals surface area contributed by atoms with E-state index < -0.39 is 0 Å². The molecule has 2 heterocycles. The van der Waals surface area contributed by atoms with Gasteiger partial charge in [-0.05, 0) is 54.8 Å². The third-order valence-corrected chi connectivity index (χ3v) is 4.82. The Hall–Kier alpha value is -1.58. The van der Waals surface area contributed by atoms with Crippen molar-refractivity contribution in [2.45, 2.75) is 26.4 Å². The SMILES string of the molecule is CCc1ccc(Cn2ccc3cc(CNC)ccc32)s1. The number of aromatic nitrogens is 1. The maximum absolute atomic E-state index is 3.20. The van der Waals surface area contributed by atoms with Crippen LogP contribution in [0.1, 0.15) is 22.2 Å². The number of hydrogen-bond acceptors (Lipinski definition) is 2. The van der Waals surface area contributed by atoms with Crippen LogP contribution in [0, 0.1) is 0 Å². The molecule has 0 aliphatic rings. The Morgan fingerprint density at radius 3 is 2.70 bits per heavy atom. The van der Waals surface area contributed by atoms with E-state index in [-0.39, 0.29) is 0 Å². The summed E-state index contributed by atoms with van der Waals surface area (Å²) < 4.78 is 2.34. The van der Waals surface area contributed by atoms with Crippen LogP contribution >= 0.6 is 11.3 Å². The minimum absolute atomic E-state index is 0.923. The molecule has 0 radical (unpaired) electrons. The monoisotopic (exact) mass is 284 g/mol. The van der Waals surface area contributed by atoms with Crippen LogP contribution in [0.4, 0.5) is 0 Å². The Labute approximate surface area is 124 Å². The molecule has 1 aromatic carbocycles. The Bertz CT molecular complexity index is 709. The van der Waals surface area contributed by atoms with Crippen molar-refractivity contribution in [2.24, 2.45) is 0 Å². The zero-order valence-corrected chi connectivity index (χ0v) is 12.8. The van der Waals surface area contributed by atoms with Gasteiger partial charge in [-0.3, -0.25) is 0 Å². The molecule has 20 heavy (non-hydrogen) atoms. The molecule has 2 aromatic heterocycles. The lowest BCUT2D eigenvalue weighted by Crippen LogP contribution is -2.04. The topological polar surface area (TPSA) is 17.0 Å². The number of nitrogens with one attached hydrogen (secondary N) is 1. The Kier molecular flexibility index (Phi) is 3.90. The molecule has 0 aliphatic heterocycles. The first-order chi connectivity index (χ1) is 9.80. The van der Waals surface area contributed by atoms with E-state index in [0.29, 0.717) is 0 Å². The molecule has 0 amide bonds. The number of benzene rings is 1. The van der Waals surface area contributed by atoms with E-state index in [2.05, 4.69) is 59.4 Å². The highest BCUT2D eigenvalue weighted by atomic mass is 32.1. The van der Waals surface area contributed by atoms with Gasteiger partial charge in [0, 0.05) is 28.0 Å². The van der Waals surface area contributed by atoms with Crippen molar-refractivity contribution in [2.75, 3.05) is 7.05 Å². The predicted molar refractivity (Wildman–Crippen MR) is 87.5 cm³/mol. The highest BCUT2D eigenvalue weighted by Gasteiger charge is 2.04. The van der Waals surface area contributed by atoms with Crippen LogP contribution in [-0.4, -0.2) is 11.6 Å². The summed E-state index contributed by atoms with van der Waals surface area (Å²) in [5, 5.41) is 4.52. The summed E-state index contributed by atoms with van der Waals surface area (Å²) in [5.41, 5.74) is 2.65. The van der Waals surface area contributed by atoms with Crippen LogP contribution in [-0.2, 0) is 19.5 Å². The normalized spacial score (nSPS) is 11.3. The summed E-state index contributed by atoms with van der Waals surface area (Å²) in [4.78, 5) is 2.89. The number of nitrogens with zero attached hydrogens (tertiary/aromatic N) is 1. The van der Waals surface area contributed by atoms with Gasteiger partial charge in [0.15, 0.2) is 0 Å². The molecule has 2 nitrogen and oxygen atoms in total. The standard InChI is InChI=1S/C17H20N2S/c1-3-15-5-6-16(20-15)12-19-9-8-14-10-13(11-18-2)4-7-17(14)19/h4-10,18H,3,11-12H2,1-2H3. The van der Waals surface area contributed by atoms with Crippen molar-refractivity contribution in [1.82, 2.24) is 9.88 Å². The molecular formula is C17H20N2S. The molecule has 0 bridgehead atoms. The summed E-state index contributed by atoms with van der Waals surface area (Å²) in [6.45, 7) is 4.11. The van der Waals surface area contributed by atoms with Gasteiger partial charge in [0.2, 0.25) is 0 Å². The summed E-state index contributed by atoms with van der Waals surface area (Å²) in [6, 6.07) is 13.4. The van der Waals surface area contributed by atoms with E-state index in [9.17, 15) is 0 Å². The van der Waals surface area contributed by atoms with E-state index in [1.165, 1.54) is 26.2 Å². The van der Waals surface area contributed by atoms with Crippen LogP contribution in [0.2, 0.25) is 0 Å². The molecule has 3 rings (SSSR count). The molecule has 0 saturated carbocycles. The lowest BCUT2D eigenvalue weighted by molar-refractivity contribution is 0.818. The molecule has 3 aromatic rings. The van der Waals surface area contributed by atoms with Crippen LogP contribution in [0.15, 0.2) is 42.6 Å². The third kappa shape index (κ3) is 2.65. The van der Waals surface area contributed by atoms with Crippen LogP contribution in [0.5, 0.6) is 0 Å². The second-order valence-electron chi connectivity index (χ2n) is 5.09. The van der Waals surface area contributed by atoms with Crippen LogP contribution in [0.3, 0.4) is 0 Å². The molecule has 104 valence electrons. The highest BCUT2D eigenvalue weighted by Crippen LogP contribution is 2.22. The van der Waals surface area contributed by atoms with Crippen molar-refractivity contribution in [3.05, 3.63) is 57.9 Å². The van der Waals surface area contributed by atoms with E-state index >= 15 is 0 Å². The molecule has 0 fully saturated rings. The quantitative estimate of drug-likeness (QED) is 0.748. The van der Waals surface area contributed by atoms with Gasteiger partial charge in [-0.2, -0.15) is 0 Å². The van der Waals surface area contributed by atoms with Gasteiger partial charge in [0.1, 0.15) is 0 Å². The number of aryl methyl sites for hydroxylation is 1. The first-order valence-corrected chi connectivity index (χ1v) is 7.91. The summed E-state index contributed by atoms with van der Waals surface area (Å²) >= 11 is 1.92. The van der Waals surface area contributed by atoms with Crippen molar-refractivity contribution >= 4 is 22.2 Å². The van der Waals surface area contributed by atoms with Gasteiger partial charge in [-0.15, -0.1) is 11.3 Å². The van der Waals surface area contributed by atoms with Crippen molar-refractivity contribution < 1.29 is 0 Å². The van der Waals surface area contributed by atoms with Gasteiger partial charge in [-0.25, -0.2) is 0 Å². The summed E-state index contributed by atoms with van der Waals surface area (Å²) in [5.74, 6) is 0. The third-order valence-electron chi connectivity index (χ3n) is 3.61. The lowest BCUT2D eigenvalue weighted by Gasteiger charge is -2.05. The van der Waals surface area contributed by atoms with Crippen molar-refractivity contribution in [1.29, 1.82) is 0 Å². The van der Waals surface area contributed by atoms with E-state index in [1.807, 2.05) is 18.4 Å². The largest absolute Gasteiger partial charge is 0.342 e. The maximum atomic E-state index is 3.20. The molecule has 0 spiro atoms. The molecule has 0 atom stereocenters. The van der Waals surface area contributed by atoms with Crippen LogP contribution in [0.25, 0.3) is 10.9 Å². The van der Waals surface area contributed by atoms with E-state index in [4.69, 9.17) is 0 Å². The van der Waals surface area contributed by atoms with E-state index in [0.717, 1.165) is 19.5 Å². The fourth-order valence-electron chi connectivity index (χ4n) is 2.57. The Morgan fingerprint density at radius 1 is 1.10 bits per heavy atom. The fraction of sp³-hybridized carbons (Fsp3) is 0.294. The number of rotatable bonds is 5.